The van der Waals surface area contributed by atoms with Crippen molar-refractivity contribution in [3.63, 3.8) is 0 Å². The van der Waals surface area contributed by atoms with Crippen molar-refractivity contribution in [1.82, 2.24) is 14.9 Å². The highest BCUT2D eigenvalue weighted by Crippen LogP contribution is 2.38. The fraction of sp³-hybridized carbons (Fsp3) is 0.529. The van der Waals surface area contributed by atoms with Gasteiger partial charge in [0.05, 0.1) is 6.54 Å². The van der Waals surface area contributed by atoms with Gasteiger partial charge in [-0.15, -0.1) is 0 Å². The lowest BCUT2D eigenvalue weighted by atomic mass is 10.2. The highest BCUT2D eigenvalue weighted by molar-refractivity contribution is 5.35. The van der Waals surface area contributed by atoms with E-state index < -0.39 is 0 Å². The van der Waals surface area contributed by atoms with Gasteiger partial charge in [-0.05, 0) is 44.4 Å². The van der Waals surface area contributed by atoms with Gasteiger partial charge in [-0.2, -0.15) is 0 Å². The predicted octanol–water partition coefficient (Wildman–Crippen LogP) is 2.94. The number of nitrogens with zero attached hydrogens (tertiary/aromatic N) is 3. The molecular formula is C17H22N4O. The van der Waals surface area contributed by atoms with E-state index in [9.17, 15) is 0 Å². The van der Waals surface area contributed by atoms with Crippen LogP contribution in [-0.4, -0.2) is 34.0 Å². The van der Waals surface area contributed by atoms with E-state index in [1.54, 1.807) is 0 Å². The summed E-state index contributed by atoms with van der Waals surface area (Å²) in [4.78, 5) is 11.5. The van der Waals surface area contributed by atoms with Crippen molar-refractivity contribution in [2.75, 3.05) is 18.4 Å². The summed E-state index contributed by atoms with van der Waals surface area (Å²) in [6, 6.07) is 6.53. The summed E-state index contributed by atoms with van der Waals surface area (Å²) in [6.07, 6.45) is 5.50. The first-order chi connectivity index (χ1) is 10.8. The molecule has 0 radical (unpaired) electrons. The van der Waals surface area contributed by atoms with E-state index in [4.69, 9.17) is 4.42 Å². The summed E-state index contributed by atoms with van der Waals surface area (Å²) in [5.41, 5.74) is 0. The SMILES string of the molecule is Cc1ccc(CN2CCC(Nc3ccnc(C4CC4)n3)C2)o1. The summed E-state index contributed by atoms with van der Waals surface area (Å²) < 4.78 is 5.67. The molecule has 2 fully saturated rings. The zero-order chi connectivity index (χ0) is 14.9. The fourth-order valence-electron chi connectivity index (χ4n) is 3.09. The van der Waals surface area contributed by atoms with Gasteiger partial charge >= 0.3 is 0 Å². The van der Waals surface area contributed by atoms with E-state index in [0.29, 0.717) is 12.0 Å². The Morgan fingerprint density at radius 3 is 2.95 bits per heavy atom. The van der Waals surface area contributed by atoms with Crippen molar-refractivity contribution in [3.8, 4) is 0 Å². The molecule has 0 bridgehead atoms. The summed E-state index contributed by atoms with van der Waals surface area (Å²) >= 11 is 0. The number of anilines is 1. The average Bonchev–Trinajstić information content (AvgIpc) is 3.16. The normalized spacial score (nSPS) is 22.1. The molecule has 5 nitrogen and oxygen atoms in total. The second-order valence-corrected chi connectivity index (χ2v) is 6.45. The van der Waals surface area contributed by atoms with Crippen LogP contribution in [0.15, 0.2) is 28.8 Å². The van der Waals surface area contributed by atoms with Crippen molar-refractivity contribution >= 4 is 5.82 Å². The van der Waals surface area contributed by atoms with Crippen LogP contribution in [0.3, 0.4) is 0 Å². The third-order valence-electron chi connectivity index (χ3n) is 4.42. The quantitative estimate of drug-likeness (QED) is 0.919. The first-order valence-corrected chi connectivity index (χ1v) is 8.13. The Labute approximate surface area is 130 Å². The molecule has 3 heterocycles. The zero-order valence-electron chi connectivity index (χ0n) is 13.0. The largest absolute Gasteiger partial charge is 0.465 e. The topological polar surface area (TPSA) is 54.2 Å². The van der Waals surface area contributed by atoms with E-state index in [0.717, 1.165) is 49.2 Å². The maximum atomic E-state index is 5.67. The zero-order valence-corrected chi connectivity index (χ0v) is 13.0. The van der Waals surface area contributed by atoms with Gasteiger partial charge in [0.25, 0.3) is 0 Å². The molecule has 4 rings (SSSR count). The lowest BCUT2D eigenvalue weighted by Gasteiger charge is -2.16. The molecule has 2 aliphatic rings. The molecule has 0 amide bonds. The third kappa shape index (κ3) is 3.14. The predicted molar refractivity (Wildman–Crippen MR) is 84.8 cm³/mol. The molecule has 1 aliphatic heterocycles. The van der Waals surface area contributed by atoms with Crippen molar-refractivity contribution < 1.29 is 4.42 Å². The van der Waals surface area contributed by atoms with Crippen LogP contribution in [0.5, 0.6) is 0 Å². The molecule has 2 aromatic heterocycles. The Morgan fingerprint density at radius 1 is 1.27 bits per heavy atom. The molecule has 116 valence electrons. The summed E-state index contributed by atoms with van der Waals surface area (Å²) in [6.45, 7) is 5.01. The van der Waals surface area contributed by atoms with Crippen LogP contribution in [0, 0.1) is 6.92 Å². The van der Waals surface area contributed by atoms with Gasteiger partial charge < -0.3 is 9.73 Å². The van der Waals surface area contributed by atoms with Crippen LogP contribution < -0.4 is 5.32 Å². The van der Waals surface area contributed by atoms with Crippen LogP contribution in [0.4, 0.5) is 5.82 Å². The minimum Gasteiger partial charge on any atom is -0.465 e. The van der Waals surface area contributed by atoms with Gasteiger partial charge in [-0.25, -0.2) is 9.97 Å². The Morgan fingerprint density at radius 2 is 2.18 bits per heavy atom. The first kappa shape index (κ1) is 13.8. The van der Waals surface area contributed by atoms with E-state index in [1.165, 1.54) is 12.8 Å². The standard InChI is InChI=1S/C17H22N4O/c1-12-2-5-15(22-12)11-21-9-7-14(10-21)19-16-6-8-18-17(20-16)13-3-4-13/h2,5-6,8,13-14H,3-4,7,9-11H2,1H3,(H,18,19,20). The number of likely N-dealkylation sites (tertiary alicyclic amines) is 1. The molecule has 1 aliphatic carbocycles. The molecule has 1 unspecified atom stereocenters. The molecular weight excluding hydrogens is 276 g/mol. The van der Waals surface area contributed by atoms with Crippen LogP contribution in [0.2, 0.25) is 0 Å². The summed E-state index contributed by atoms with van der Waals surface area (Å²) in [7, 11) is 0. The van der Waals surface area contributed by atoms with Crippen molar-refractivity contribution in [2.45, 2.75) is 44.7 Å². The summed E-state index contributed by atoms with van der Waals surface area (Å²) in [5, 5.41) is 3.56. The lowest BCUT2D eigenvalue weighted by molar-refractivity contribution is 0.292. The smallest absolute Gasteiger partial charge is 0.133 e. The monoisotopic (exact) mass is 298 g/mol. The van der Waals surface area contributed by atoms with Crippen molar-refractivity contribution in [1.29, 1.82) is 0 Å². The summed E-state index contributed by atoms with van der Waals surface area (Å²) in [5.74, 6) is 4.61. The highest BCUT2D eigenvalue weighted by atomic mass is 16.3. The van der Waals surface area contributed by atoms with E-state index in [-0.39, 0.29) is 0 Å². The maximum Gasteiger partial charge on any atom is 0.133 e. The fourth-order valence-corrected chi connectivity index (χ4v) is 3.09. The Hall–Kier alpha value is -1.88. The van der Waals surface area contributed by atoms with E-state index in [1.807, 2.05) is 25.3 Å². The minimum absolute atomic E-state index is 0.456. The Kier molecular flexibility index (Phi) is 3.58. The number of hydrogen-bond donors (Lipinski definition) is 1. The molecule has 5 heteroatoms. The highest BCUT2D eigenvalue weighted by Gasteiger charge is 2.27. The Bertz CT molecular complexity index is 650. The van der Waals surface area contributed by atoms with Crippen LogP contribution in [0.1, 0.15) is 42.5 Å². The minimum atomic E-state index is 0.456. The van der Waals surface area contributed by atoms with Crippen LogP contribution >= 0.6 is 0 Å². The molecule has 2 aromatic rings. The van der Waals surface area contributed by atoms with E-state index >= 15 is 0 Å². The van der Waals surface area contributed by atoms with Gasteiger partial charge in [-0.3, -0.25) is 4.90 Å². The molecule has 0 aromatic carbocycles. The van der Waals surface area contributed by atoms with Gasteiger partial charge in [0.2, 0.25) is 0 Å². The van der Waals surface area contributed by atoms with Crippen LogP contribution in [0.25, 0.3) is 0 Å². The van der Waals surface area contributed by atoms with Crippen molar-refractivity contribution in [3.05, 3.63) is 41.7 Å². The second-order valence-electron chi connectivity index (χ2n) is 6.45. The number of rotatable bonds is 5. The number of aryl methyl sites for hydroxylation is 1. The Balaban J connectivity index is 1.33. The molecule has 22 heavy (non-hydrogen) atoms. The third-order valence-corrected chi connectivity index (χ3v) is 4.42. The number of hydrogen-bond acceptors (Lipinski definition) is 5. The molecule has 1 atom stereocenters. The van der Waals surface area contributed by atoms with Crippen LogP contribution in [-0.2, 0) is 6.54 Å². The van der Waals surface area contributed by atoms with E-state index in [2.05, 4.69) is 26.3 Å². The molecule has 0 spiro atoms. The number of aromatic nitrogens is 2. The molecule has 1 saturated carbocycles. The average molecular weight is 298 g/mol. The number of nitrogens with one attached hydrogen (secondary N) is 1. The second kappa shape index (κ2) is 5.72. The number of furan rings is 1. The van der Waals surface area contributed by atoms with Gasteiger partial charge in [-0.1, -0.05) is 0 Å². The van der Waals surface area contributed by atoms with Gasteiger partial charge in [0, 0.05) is 31.2 Å². The lowest BCUT2D eigenvalue weighted by Crippen LogP contribution is -2.26. The molecule has 1 N–H and O–H groups in total. The first-order valence-electron chi connectivity index (χ1n) is 8.13. The van der Waals surface area contributed by atoms with Gasteiger partial charge in [0.1, 0.15) is 23.2 Å². The maximum absolute atomic E-state index is 5.67. The molecule has 1 saturated heterocycles. The van der Waals surface area contributed by atoms with Crippen molar-refractivity contribution in [2.24, 2.45) is 0 Å². The van der Waals surface area contributed by atoms with Gasteiger partial charge in [0.15, 0.2) is 0 Å².